The van der Waals surface area contributed by atoms with Crippen LogP contribution in [0.2, 0.25) is 0 Å². The first-order valence-corrected chi connectivity index (χ1v) is 2.35. The molecule has 0 aromatic rings. The maximum absolute atomic E-state index is 8.88. The molecule has 46 valence electrons. The van der Waals surface area contributed by atoms with E-state index >= 15 is 0 Å². The molecule has 0 bridgehead atoms. The van der Waals surface area contributed by atoms with Gasteiger partial charge in [-0.1, -0.05) is 0 Å². The van der Waals surface area contributed by atoms with Crippen LogP contribution in [0.1, 0.15) is 0 Å². The quantitative estimate of drug-likeness (QED) is 0.359. The Balaban J connectivity index is -0.0000000267. The number of hydrogen-bond acceptors (Lipinski definition) is 1. The normalized spacial score (nSPS) is 7.38. The molecule has 8 heavy (non-hydrogen) atoms. The summed E-state index contributed by atoms with van der Waals surface area (Å²) < 4.78 is 8.88. The molecule has 0 aromatic heterocycles. The van der Waals surface area contributed by atoms with Gasteiger partial charge in [0.2, 0.25) is 0 Å². The number of hydrogen-bond donors (Lipinski definition) is 3. The summed E-state index contributed by atoms with van der Waals surface area (Å²) >= 11 is 0. The van der Waals surface area contributed by atoms with E-state index in [0.717, 1.165) is 0 Å². The van der Waals surface area contributed by atoms with Gasteiger partial charge >= 0.3 is 26.7 Å². The molecule has 0 heterocycles. The fourth-order valence-corrected chi connectivity index (χ4v) is 0. The molecule has 0 aromatic carbocycles. The smallest absolute Gasteiger partial charge is 0 e. The summed E-state index contributed by atoms with van der Waals surface area (Å²) in [4.78, 5) is 21.6. The molecule has 0 aliphatic heterocycles. The van der Waals surface area contributed by atoms with Crippen molar-refractivity contribution < 1.29 is 62.5 Å². The molecule has 0 radical (unpaired) electrons. The van der Waals surface area contributed by atoms with Crippen LogP contribution in [-0.4, -0.2) is 33.5 Å². The van der Waals surface area contributed by atoms with Gasteiger partial charge in [0.15, 0.2) is 0 Å². The van der Waals surface area contributed by atoms with Gasteiger partial charge in [-0.25, -0.2) is 4.57 Å². The molecule has 0 aliphatic rings. The standard InChI is InChI=1S/Fe.Li.H3O4P.Zr.H/c;;1-5(2,3)4;;/h;;(H3,1,2,3,4);;. The second kappa shape index (κ2) is 9.11. The largest absolute Gasteiger partial charge is 0 e. The average molecular weight is 253 g/mol. The Bertz CT molecular complexity index is 62.2. The van der Waals surface area contributed by atoms with Crippen molar-refractivity contribution in [3.8, 4) is 0 Å². The summed E-state index contributed by atoms with van der Waals surface area (Å²) in [6, 6.07) is 0. The van der Waals surface area contributed by atoms with E-state index in [1.54, 1.807) is 0 Å². The van der Waals surface area contributed by atoms with Crippen molar-refractivity contribution >= 4 is 26.7 Å². The summed E-state index contributed by atoms with van der Waals surface area (Å²) in [5, 5.41) is 0. The van der Waals surface area contributed by atoms with E-state index in [-0.39, 0.29) is 62.1 Å². The first kappa shape index (κ1) is 22.5. The van der Waals surface area contributed by atoms with Gasteiger partial charge in [-0.2, -0.15) is 0 Å². The van der Waals surface area contributed by atoms with Crippen LogP contribution in [0.15, 0.2) is 0 Å². The molecule has 0 aliphatic carbocycles. The van der Waals surface area contributed by atoms with Crippen LogP contribution in [0.5, 0.6) is 0 Å². The molecule has 0 saturated carbocycles. The van der Waals surface area contributed by atoms with Crippen LogP contribution in [0.3, 0.4) is 0 Å². The topological polar surface area (TPSA) is 77.8 Å². The van der Waals surface area contributed by atoms with Crippen LogP contribution in [-0.2, 0) is 47.8 Å². The van der Waals surface area contributed by atoms with Crippen molar-refractivity contribution in [2.24, 2.45) is 0 Å². The summed E-state index contributed by atoms with van der Waals surface area (Å²) in [7, 11) is -4.64. The first-order valence-electron chi connectivity index (χ1n) is 0.783. The van der Waals surface area contributed by atoms with Gasteiger partial charge in [0.1, 0.15) is 0 Å². The van der Waals surface area contributed by atoms with Gasteiger partial charge in [-0.05, 0) is 0 Å². The second-order valence-corrected chi connectivity index (χ2v) is 1.54. The van der Waals surface area contributed by atoms with Crippen molar-refractivity contribution in [2.45, 2.75) is 0 Å². The van der Waals surface area contributed by atoms with E-state index in [2.05, 4.69) is 0 Å². The maximum Gasteiger partial charge on any atom is 0 e. The summed E-state index contributed by atoms with van der Waals surface area (Å²) in [6.45, 7) is 0. The Kier molecular flexibility index (Phi) is 25.6. The molecule has 0 atom stereocenters. The van der Waals surface area contributed by atoms with E-state index in [4.69, 9.17) is 19.2 Å². The molecule has 0 amide bonds. The van der Waals surface area contributed by atoms with E-state index in [1.165, 1.54) is 0 Å². The van der Waals surface area contributed by atoms with Crippen molar-refractivity contribution in [1.82, 2.24) is 0 Å². The van der Waals surface area contributed by atoms with Gasteiger partial charge in [0, 0.05) is 43.3 Å². The Labute approximate surface area is 88.4 Å². The predicted octanol–water partition coefficient (Wildman–Crippen LogP) is -1.58. The minimum absolute atomic E-state index is 0. The predicted molar refractivity (Wildman–Crippen MR) is 21.4 cm³/mol. The zero-order valence-electron chi connectivity index (χ0n) is 3.05. The Morgan fingerprint density at radius 3 is 1.12 bits per heavy atom. The molecule has 0 rings (SSSR count). The van der Waals surface area contributed by atoms with Crippen LogP contribution in [0.25, 0.3) is 0 Å². The zero-order chi connectivity index (χ0) is 4.50. The number of rotatable bonds is 0. The third-order valence-electron chi connectivity index (χ3n) is 0. The van der Waals surface area contributed by atoms with Gasteiger partial charge in [-0.15, -0.1) is 0 Å². The number of phosphoric acid groups is 1. The fourth-order valence-electron chi connectivity index (χ4n) is 0. The molecule has 0 unspecified atom stereocenters. The van der Waals surface area contributed by atoms with Gasteiger partial charge in [0.05, 0.1) is 0 Å². The Hall–Kier alpha value is 2.11. The second-order valence-electron chi connectivity index (χ2n) is 0.513. The average Bonchev–Trinajstić information content (AvgIpc) is 0.722. The van der Waals surface area contributed by atoms with Crippen molar-refractivity contribution in [2.75, 3.05) is 0 Å². The van der Waals surface area contributed by atoms with Crippen LogP contribution >= 0.6 is 7.82 Å². The van der Waals surface area contributed by atoms with Crippen LogP contribution < -0.4 is 0 Å². The first-order chi connectivity index (χ1) is 2.00. The molecule has 0 saturated heterocycles. The summed E-state index contributed by atoms with van der Waals surface area (Å²) in [6.07, 6.45) is 0. The molecular formula is H4FeLiO4PZr. The fraction of sp³-hybridized carbons (Fsp3) is 0. The summed E-state index contributed by atoms with van der Waals surface area (Å²) in [5.41, 5.74) is 0. The third-order valence-corrected chi connectivity index (χ3v) is 0. The third kappa shape index (κ3) is 92.1. The zero-order valence-corrected chi connectivity index (χ0v) is 7.51. The minimum Gasteiger partial charge on any atom is 0 e. The van der Waals surface area contributed by atoms with E-state index < -0.39 is 7.82 Å². The molecule has 4 nitrogen and oxygen atoms in total. The van der Waals surface area contributed by atoms with Gasteiger partial charge in [0.25, 0.3) is 0 Å². The van der Waals surface area contributed by atoms with Crippen molar-refractivity contribution in [3.05, 3.63) is 0 Å². The van der Waals surface area contributed by atoms with E-state index in [9.17, 15) is 0 Å². The molecular weight excluding hydrogens is 249 g/mol. The van der Waals surface area contributed by atoms with E-state index in [1.807, 2.05) is 0 Å². The van der Waals surface area contributed by atoms with Gasteiger partial charge in [-0.3, -0.25) is 0 Å². The van der Waals surface area contributed by atoms with E-state index in [0.29, 0.717) is 0 Å². The molecule has 8 heteroatoms. The Morgan fingerprint density at radius 1 is 1.12 bits per heavy atom. The monoisotopic (exact) mass is 252 g/mol. The van der Waals surface area contributed by atoms with Crippen molar-refractivity contribution in [3.63, 3.8) is 0 Å². The summed E-state index contributed by atoms with van der Waals surface area (Å²) in [5.74, 6) is 0. The molecule has 0 fully saturated rings. The maximum atomic E-state index is 8.88. The SMILES string of the molecule is O=P(O)(O)O.[Fe].[LiH].[Zr]. The van der Waals surface area contributed by atoms with Crippen LogP contribution in [0, 0.1) is 0 Å². The Morgan fingerprint density at radius 2 is 1.12 bits per heavy atom. The molecule has 0 spiro atoms. The minimum atomic E-state index is -4.64. The van der Waals surface area contributed by atoms with Gasteiger partial charge < -0.3 is 14.7 Å². The van der Waals surface area contributed by atoms with Crippen molar-refractivity contribution in [1.29, 1.82) is 0 Å². The van der Waals surface area contributed by atoms with Crippen LogP contribution in [0.4, 0.5) is 0 Å². The molecule has 3 N–H and O–H groups in total.